The molecule has 0 atom stereocenters. The number of amides is 1. The minimum absolute atomic E-state index is 0.137. The molecule has 0 spiro atoms. The van der Waals surface area contributed by atoms with Crippen LogP contribution in [0.1, 0.15) is 32.4 Å². The van der Waals surface area contributed by atoms with E-state index >= 15 is 0 Å². The highest BCUT2D eigenvalue weighted by Crippen LogP contribution is 2.31. The van der Waals surface area contributed by atoms with Gasteiger partial charge in [0, 0.05) is 24.8 Å². The van der Waals surface area contributed by atoms with E-state index in [2.05, 4.69) is 20.4 Å². The molecular formula is C23H29N5O4S. The monoisotopic (exact) mass is 471 g/mol. The third kappa shape index (κ3) is 5.81. The van der Waals surface area contributed by atoms with Crippen LogP contribution in [0.3, 0.4) is 0 Å². The van der Waals surface area contributed by atoms with Crippen LogP contribution in [0.25, 0.3) is 0 Å². The number of furan rings is 1. The summed E-state index contributed by atoms with van der Waals surface area (Å²) < 4.78 is 18.8. The normalized spacial score (nSPS) is 13.3. The van der Waals surface area contributed by atoms with Crippen LogP contribution < -0.4 is 19.7 Å². The first kappa shape index (κ1) is 23.0. The van der Waals surface area contributed by atoms with Crippen molar-refractivity contribution in [2.45, 2.75) is 38.4 Å². The molecular weight excluding hydrogens is 442 g/mol. The average Bonchev–Trinajstić information content (AvgIpc) is 3.57. The second kappa shape index (κ2) is 11.1. The number of nitrogens with one attached hydrogen (secondary N) is 1. The highest BCUT2D eigenvalue weighted by molar-refractivity contribution is 7.99. The van der Waals surface area contributed by atoms with E-state index in [0.717, 1.165) is 37.6 Å². The zero-order valence-electron chi connectivity index (χ0n) is 19.0. The van der Waals surface area contributed by atoms with Crippen LogP contribution in [-0.4, -0.2) is 52.7 Å². The van der Waals surface area contributed by atoms with E-state index in [9.17, 15) is 4.79 Å². The van der Waals surface area contributed by atoms with Gasteiger partial charge in [0.05, 0.1) is 31.8 Å². The van der Waals surface area contributed by atoms with Crippen molar-refractivity contribution in [3.63, 3.8) is 0 Å². The van der Waals surface area contributed by atoms with Gasteiger partial charge in [-0.3, -0.25) is 9.36 Å². The number of carbonyl (C=O) groups excluding carboxylic acids is 1. The summed E-state index contributed by atoms with van der Waals surface area (Å²) in [6.45, 7) is 7.32. The molecule has 1 aliphatic heterocycles. The number of rotatable bonds is 11. The molecule has 1 aromatic carbocycles. The first-order chi connectivity index (χ1) is 16.2. The molecule has 4 rings (SSSR count). The van der Waals surface area contributed by atoms with Gasteiger partial charge in [-0.2, -0.15) is 0 Å². The maximum atomic E-state index is 12.7. The molecule has 1 N–H and O–H groups in total. The van der Waals surface area contributed by atoms with Crippen LogP contribution in [-0.2, 0) is 11.3 Å². The second-order valence-corrected chi connectivity index (χ2v) is 8.45. The maximum absolute atomic E-state index is 12.7. The average molecular weight is 472 g/mol. The first-order valence-electron chi connectivity index (χ1n) is 11.2. The molecule has 1 fully saturated rings. The fourth-order valence-electron chi connectivity index (χ4n) is 3.69. The lowest BCUT2D eigenvalue weighted by Crippen LogP contribution is -2.22. The Labute approximate surface area is 197 Å². The quantitative estimate of drug-likeness (QED) is 0.419. The van der Waals surface area contributed by atoms with Crippen molar-refractivity contribution in [1.29, 1.82) is 0 Å². The predicted octanol–water partition coefficient (Wildman–Crippen LogP) is 4.05. The lowest BCUT2D eigenvalue weighted by atomic mass is 10.2. The number of hydrogen-bond donors (Lipinski definition) is 1. The van der Waals surface area contributed by atoms with Crippen molar-refractivity contribution in [2.24, 2.45) is 0 Å². The van der Waals surface area contributed by atoms with Crippen LogP contribution in [0.15, 0.2) is 46.2 Å². The van der Waals surface area contributed by atoms with Gasteiger partial charge < -0.3 is 24.1 Å². The van der Waals surface area contributed by atoms with Crippen LogP contribution in [0, 0.1) is 0 Å². The van der Waals surface area contributed by atoms with Gasteiger partial charge in [-0.15, -0.1) is 10.2 Å². The number of benzene rings is 1. The lowest BCUT2D eigenvalue weighted by Gasteiger charge is -2.17. The first-order valence-corrected chi connectivity index (χ1v) is 12.2. The number of carbonyl (C=O) groups is 1. The number of aromatic nitrogens is 3. The molecule has 0 bridgehead atoms. The fourth-order valence-corrected chi connectivity index (χ4v) is 4.42. The van der Waals surface area contributed by atoms with Gasteiger partial charge in [-0.25, -0.2) is 0 Å². The minimum atomic E-state index is -0.137. The van der Waals surface area contributed by atoms with Gasteiger partial charge in [0.15, 0.2) is 16.7 Å². The summed E-state index contributed by atoms with van der Waals surface area (Å²) in [5.41, 5.74) is 0.655. The van der Waals surface area contributed by atoms with Crippen molar-refractivity contribution in [1.82, 2.24) is 14.8 Å². The Balaban J connectivity index is 1.43. The molecule has 3 aromatic rings. The van der Waals surface area contributed by atoms with E-state index in [1.165, 1.54) is 11.8 Å². The van der Waals surface area contributed by atoms with Gasteiger partial charge in [-0.1, -0.05) is 11.8 Å². The molecule has 1 aliphatic rings. The van der Waals surface area contributed by atoms with Crippen molar-refractivity contribution in [2.75, 3.05) is 42.3 Å². The Hall–Kier alpha value is -3.14. The molecule has 0 saturated carbocycles. The van der Waals surface area contributed by atoms with Gasteiger partial charge in [0.1, 0.15) is 5.76 Å². The number of anilines is 2. The Bertz CT molecular complexity index is 1050. The number of ether oxygens (including phenoxy) is 2. The van der Waals surface area contributed by atoms with Crippen molar-refractivity contribution >= 4 is 29.3 Å². The van der Waals surface area contributed by atoms with Crippen LogP contribution in [0.4, 0.5) is 11.6 Å². The van der Waals surface area contributed by atoms with Crippen LogP contribution >= 0.6 is 11.8 Å². The summed E-state index contributed by atoms with van der Waals surface area (Å²) >= 11 is 1.35. The van der Waals surface area contributed by atoms with E-state index in [1.54, 1.807) is 24.5 Å². The summed E-state index contributed by atoms with van der Waals surface area (Å²) in [6.07, 6.45) is 3.94. The van der Waals surface area contributed by atoms with Crippen molar-refractivity contribution < 1.29 is 18.7 Å². The molecule has 176 valence electrons. The summed E-state index contributed by atoms with van der Waals surface area (Å²) in [7, 11) is 0. The van der Waals surface area contributed by atoms with Gasteiger partial charge in [0.2, 0.25) is 11.9 Å². The Kier molecular flexibility index (Phi) is 7.77. The second-order valence-electron chi connectivity index (χ2n) is 7.51. The van der Waals surface area contributed by atoms with E-state index in [4.69, 9.17) is 13.9 Å². The Morgan fingerprint density at radius 2 is 1.91 bits per heavy atom. The number of hydrogen-bond acceptors (Lipinski definition) is 8. The number of nitrogens with zero attached hydrogens (tertiary/aromatic N) is 4. The predicted molar refractivity (Wildman–Crippen MR) is 127 cm³/mol. The molecule has 3 heterocycles. The van der Waals surface area contributed by atoms with Gasteiger partial charge in [0.25, 0.3) is 0 Å². The lowest BCUT2D eigenvalue weighted by molar-refractivity contribution is -0.113. The zero-order chi connectivity index (χ0) is 23.0. The molecule has 0 radical (unpaired) electrons. The standard InChI is InChI=1S/C23H29N5O4S/c1-3-30-19-10-9-17(14-20(19)31-4-2)24-21(29)16-33-23-26-25-22(27-11-5-6-12-27)28(23)15-18-8-7-13-32-18/h7-10,13-14H,3-6,11-12,15-16H2,1-2H3,(H,24,29). The summed E-state index contributed by atoms with van der Waals surface area (Å²) in [6, 6.07) is 9.18. The van der Waals surface area contributed by atoms with Crippen LogP contribution in [0.5, 0.6) is 11.5 Å². The third-order valence-electron chi connectivity index (χ3n) is 5.14. The van der Waals surface area contributed by atoms with E-state index in [-0.39, 0.29) is 11.7 Å². The van der Waals surface area contributed by atoms with Crippen LogP contribution in [0.2, 0.25) is 0 Å². The summed E-state index contributed by atoms with van der Waals surface area (Å²) in [5.74, 6) is 2.97. The van der Waals surface area contributed by atoms with E-state index < -0.39 is 0 Å². The molecule has 0 unspecified atom stereocenters. The molecule has 0 aliphatic carbocycles. The molecule has 10 heteroatoms. The summed E-state index contributed by atoms with van der Waals surface area (Å²) in [5, 5.41) is 12.4. The fraction of sp³-hybridized carbons (Fsp3) is 0.435. The molecule has 2 aromatic heterocycles. The largest absolute Gasteiger partial charge is 0.490 e. The number of thioether (sulfide) groups is 1. The SMILES string of the molecule is CCOc1ccc(NC(=O)CSc2nnc(N3CCCC3)n2Cc2ccco2)cc1OCC. The van der Waals surface area contributed by atoms with Gasteiger partial charge >= 0.3 is 0 Å². The van der Waals surface area contributed by atoms with Gasteiger partial charge in [-0.05, 0) is 51.0 Å². The summed E-state index contributed by atoms with van der Waals surface area (Å²) in [4.78, 5) is 14.9. The Morgan fingerprint density at radius 1 is 1.12 bits per heavy atom. The van der Waals surface area contributed by atoms with Crippen molar-refractivity contribution in [3.8, 4) is 11.5 Å². The molecule has 1 saturated heterocycles. The maximum Gasteiger partial charge on any atom is 0.234 e. The Morgan fingerprint density at radius 3 is 2.64 bits per heavy atom. The third-order valence-corrected chi connectivity index (χ3v) is 6.11. The topological polar surface area (TPSA) is 94.7 Å². The molecule has 1 amide bonds. The van der Waals surface area contributed by atoms with E-state index in [0.29, 0.717) is 42.1 Å². The molecule has 33 heavy (non-hydrogen) atoms. The zero-order valence-corrected chi connectivity index (χ0v) is 19.8. The highest BCUT2D eigenvalue weighted by Gasteiger charge is 2.22. The van der Waals surface area contributed by atoms with Crippen molar-refractivity contribution in [3.05, 3.63) is 42.4 Å². The molecule has 9 nitrogen and oxygen atoms in total. The minimum Gasteiger partial charge on any atom is -0.490 e. The van der Waals surface area contributed by atoms with E-state index in [1.807, 2.05) is 30.5 Å². The highest BCUT2D eigenvalue weighted by atomic mass is 32.2. The smallest absolute Gasteiger partial charge is 0.234 e.